The number of allylic oxidation sites excluding steroid dienone is 5. The second-order valence-electron chi connectivity index (χ2n) is 5.38. The van der Waals surface area contributed by atoms with Gasteiger partial charge in [0.2, 0.25) is 0 Å². The van der Waals surface area contributed by atoms with E-state index in [1.165, 1.54) is 5.57 Å². The molecule has 0 atom stereocenters. The molecule has 0 radical (unpaired) electrons. The van der Waals surface area contributed by atoms with Crippen LogP contribution in [0.5, 0.6) is 0 Å². The Labute approximate surface area is 131 Å². The molecular formula is C16H26BrN3. The molecule has 4 heteroatoms. The molecule has 0 aliphatic carbocycles. The summed E-state index contributed by atoms with van der Waals surface area (Å²) < 4.78 is 1.06. The predicted molar refractivity (Wildman–Crippen MR) is 91.6 cm³/mol. The van der Waals surface area contributed by atoms with Crippen LogP contribution in [0, 0.1) is 5.41 Å². The summed E-state index contributed by atoms with van der Waals surface area (Å²) in [5.41, 5.74) is 2.35. The Kier molecular flexibility index (Phi) is 7.24. The lowest BCUT2D eigenvalue weighted by Crippen LogP contribution is -2.47. The highest BCUT2D eigenvalue weighted by atomic mass is 79.9. The summed E-state index contributed by atoms with van der Waals surface area (Å²) in [4.78, 5) is 4.46. The van der Waals surface area contributed by atoms with E-state index in [1.807, 2.05) is 19.1 Å². The van der Waals surface area contributed by atoms with Crippen molar-refractivity contribution < 1.29 is 0 Å². The highest BCUT2D eigenvalue weighted by Crippen LogP contribution is 2.13. The Bertz CT molecular complexity index is 427. The van der Waals surface area contributed by atoms with E-state index in [9.17, 15) is 0 Å². The quantitative estimate of drug-likeness (QED) is 0.479. The van der Waals surface area contributed by atoms with Crippen molar-refractivity contribution in [2.75, 3.05) is 33.2 Å². The van der Waals surface area contributed by atoms with Crippen LogP contribution in [0.15, 0.2) is 33.9 Å². The summed E-state index contributed by atoms with van der Waals surface area (Å²) in [5.74, 6) is 0.644. The van der Waals surface area contributed by atoms with Gasteiger partial charge in [0.15, 0.2) is 0 Å². The predicted octanol–water partition coefficient (Wildman–Crippen LogP) is 3.79. The number of rotatable bonds is 4. The van der Waals surface area contributed by atoms with Gasteiger partial charge in [0, 0.05) is 30.7 Å². The van der Waals surface area contributed by atoms with Crippen LogP contribution in [-0.2, 0) is 0 Å². The number of amidine groups is 1. The minimum atomic E-state index is 0.644. The van der Waals surface area contributed by atoms with E-state index in [2.05, 4.69) is 52.7 Å². The third-order valence-corrected chi connectivity index (χ3v) is 4.12. The molecular weight excluding hydrogens is 314 g/mol. The zero-order chi connectivity index (χ0) is 15.1. The van der Waals surface area contributed by atoms with Crippen LogP contribution < -0.4 is 0 Å². The summed E-state index contributed by atoms with van der Waals surface area (Å²) in [6.45, 7) is 10.2. The minimum absolute atomic E-state index is 0.644. The zero-order valence-corrected chi connectivity index (χ0v) is 14.6. The topological polar surface area (TPSA) is 30.3 Å². The maximum atomic E-state index is 8.26. The molecule has 20 heavy (non-hydrogen) atoms. The Balaban J connectivity index is 2.64. The molecule has 1 aliphatic rings. The molecule has 1 saturated heterocycles. The first-order valence-corrected chi connectivity index (χ1v) is 7.97. The summed E-state index contributed by atoms with van der Waals surface area (Å²) in [7, 11) is 2.13. The molecule has 1 heterocycles. The second-order valence-corrected chi connectivity index (χ2v) is 6.30. The normalized spacial score (nSPS) is 19.4. The standard InChI is InChI=1S/C16H26BrN3/c1-5-13(2)12-15(17)7-6-14(3)16(18)20-10-8-19(4)9-11-20/h6-7,12,18H,5,8-11H2,1-4H3/b13-12+,14-6+,15-7+,18-16?. The largest absolute Gasteiger partial charge is 0.354 e. The fraction of sp³-hybridized carbons (Fsp3) is 0.562. The van der Waals surface area contributed by atoms with Crippen molar-refractivity contribution in [1.82, 2.24) is 9.80 Å². The van der Waals surface area contributed by atoms with Crippen molar-refractivity contribution in [3.8, 4) is 0 Å². The van der Waals surface area contributed by atoms with Crippen LogP contribution in [0.25, 0.3) is 0 Å². The van der Waals surface area contributed by atoms with Gasteiger partial charge < -0.3 is 9.80 Å². The van der Waals surface area contributed by atoms with Crippen LogP contribution >= 0.6 is 15.9 Å². The maximum absolute atomic E-state index is 8.26. The third-order valence-electron chi connectivity index (χ3n) is 3.63. The zero-order valence-electron chi connectivity index (χ0n) is 13.0. The van der Waals surface area contributed by atoms with Crippen molar-refractivity contribution in [3.05, 3.63) is 33.9 Å². The Hall–Kier alpha value is -0.870. The molecule has 112 valence electrons. The van der Waals surface area contributed by atoms with Crippen LogP contribution in [-0.4, -0.2) is 48.9 Å². The average molecular weight is 340 g/mol. The van der Waals surface area contributed by atoms with Crippen molar-refractivity contribution in [2.45, 2.75) is 27.2 Å². The highest BCUT2D eigenvalue weighted by molar-refractivity contribution is 9.11. The van der Waals surface area contributed by atoms with Gasteiger partial charge in [-0.25, -0.2) is 0 Å². The Morgan fingerprint density at radius 1 is 1.15 bits per heavy atom. The van der Waals surface area contributed by atoms with Gasteiger partial charge in [0.1, 0.15) is 5.84 Å². The van der Waals surface area contributed by atoms with Gasteiger partial charge in [-0.3, -0.25) is 5.41 Å². The molecule has 0 bridgehead atoms. The number of halogens is 1. The molecule has 1 N–H and O–H groups in total. The van der Waals surface area contributed by atoms with Gasteiger partial charge in [0.25, 0.3) is 0 Å². The number of hydrogen-bond acceptors (Lipinski definition) is 2. The van der Waals surface area contributed by atoms with Gasteiger partial charge >= 0.3 is 0 Å². The Morgan fingerprint density at radius 2 is 1.75 bits per heavy atom. The van der Waals surface area contributed by atoms with Crippen LogP contribution in [0.4, 0.5) is 0 Å². The summed E-state index contributed by atoms with van der Waals surface area (Å²) >= 11 is 3.55. The molecule has 0 saturated carbocycles. The number of hydrogen-bond donors (Lipinski definition) is 1. The van der Waals surface area contributed by atoms with E-state index in [4.69, 9.17) is 5.41 Å². The summed E-state index contributed by atoms with van der Waals surface area (Å²) in [6.07, 6.45) is 7.23. The van der Waals surface area contributed by atoms with Crippen molar-refractivity contribution in [3.63, 3.8) is 0 Å². The van der Waals surface area contributed by atoms with E-state index in [0.29, 0.717) is 5.84 Å². The fourth-order valence-corrected chi connectivity index (χ4v) is 2.47. The molecule has 0 amide bonds. The molecule has 0 aromatic rings. The first kappa shape index (κ1) is 17.2. The monoisotopic (exact) mass is 339 g/mol. The minimum Gasteiger partial charge on any atom is -0.354 e. The number of likely N-dealkylation sites (N-methyl/N-ethyl adjacent to an activating group) is 1. The SMILES string of the molecule is CC/C(C)=C/C(Br)=C\C=C(/C)C(=N)N1CCN(C)CC1. The van der Waals surface area contributed by atoms with Gasteiger partial charge in [-0.15, -0.1) is 0 Å². The third kappa shape index (κ3) is 5.63. The highest BCUT2D eigenvalue weighted by Gasteiger charge is 2.16. The molecule has 0 aromatic heterocycles. The van der Waals surface area contributed by atoms with Gasteiger partial charge in [-0.1, -0.05) is 34.5 Å². The molecule has 1 rings (SSSR count). The first-order chi connectivity index (χ1) is 9.43. The Morgan fingerprint density at radius 3 is 2.30 bits per heavy atom. The van der Waals surface area contributed by atoms with Crippen LogP contribution in [0.2, 0.25) is 0 Å². The van der Waals surface area contributed by atoms with E-state index in [0.717, 1.165) is 42.7 Å². The van der Waals surface area contributed by atoms with Gasteiger partial charge in [-0.05, 0) is 45.0 Å². The lowest BCUT2D eigenvalue weighted by Gasteiger charge is -2.34. The van der Waals surface area contributed by atoms with Gasteiger partial charge in [-0.2, -0.15) is 0 Å². The molecule has 1 aliphatic heterocycles. The summed E-state index contributed by atoms with van der Waals surface area (Å²) in [5, 5.41) is 8.26. The second kappa shape index (κ2) is 8.42. The van der Waals surface area contributed by atoms with Crippen LogP contribution in [0.3, 0.4) is 0 Å². The first-order valence-electron chi connectivity index (χ1n) is 7.17. The molecule has 0 unspecified atom stereocenters. The smallest absolute Gasteiger partial charge is 0.123 e. The van der Waals surface area contributed by atoms with E-state index in [1.54, 1.807) is 0 Å². The molecule has 3 nitrogen and oxygen atoms in total. The molecule has 1 fully saturated rings. The van der Waals surface area contributed by atoms with Crippen LogP contribution in [0.1, 0.15) is 27.2 Å². The number of piperazine rings is 1. The van der Waals surface area contributed by atoms with E-state index in [-0.39, 0.29) is 0 Å². The van der Waals surface area contributed by atoms with Crippen molar-refractivity contribution >= 4 is 21.8 Å². The van der Waals surface area contributed by atoms with E-state index >= 15 is 0 Å². The lowest BCUT2D eigenvalue weighted by atomic mass is 10.2. The van der Waals surface area contributed by atoms with Gasteiger partial charge in [0.05, 0.1) is 0 Å². The lowest BCUT2D eigenvalue weighted by molar-refractivity contribution is 0.215. The van der Waals surface area contributed by atoms with Crippen molar-refractivity contribution in [1.29, 1.82) is 5.41 Å². The number of nitrogens with one attached hydrogen (secondary N) is 1. The molecule has 0 aromatic carbocycles. The summed E-state index contributed by atoms with van der Waals surface area (Å²) in [6, 6.07) is 0. The maximum Gasteiger partial charge on any atom is 0.123 e. The fourth-order valence-electron chi connectivity index (χ4n) is 1.95. The van der Waals surface area contributed by atoms with Crippen molar-refractivity contribution in [2.24, 2.45) is 0 Å². The number of nitrogens with zero attached hydrogens (tertiary/aromatic N) is 2. The molecule has 0 spiro atoms. The average Bonchev–Trinajstić information content (AvgIpc) is 2.44. The van der Waals surface area contributed by atoms with E-state index < -0.39 is 0 Å².